The smallest absolute Gasteiger partial charge is 0.330 e. The monoisotopic (exact) mass is 356 g/mol. The normalized spacial score (nSPS) is 24.0. The molecular formula is C20H24N2O4. The first kappa shape index (κ1) is 18.3. The van der Waals surface area contributed by atoms with Gasteiger partial charge in [-0.15, -0.1) is 0 Å². The number of hydrogen-bond acceptors (Lipinski definition) is 4. The zero-order valence-corrected chi connectivity index (χ0v) is 15.3. The van der Waals surface area contributed by atoms with Crippen LogP contribution >= 0.6 is 0 Å². The maximum absolute atomic E-state index is 12.7. The molecular weight excluding hydrogens is 332 g/mol. The summed E-state index contributed by atoms with van der Waals surface area (Å²) in [5.41, 5.74) is -0.474. The molecule has 1 heterocycles. The molecule has 0 radical (unpaired) electrons. The molecule has 2 unspecified atom stereocenters. The molecule has 1 aliphatic carbocycles. The lowest BCUT2D eigenvalue weighted by molar-refractivity contribution is -0.194. The number of benzene rings is 1. The van der Waals surface area contributed by atoms with Gasteiger partial charge in [0.2, 0.25) is 5.91 Å². The molecule has 26 heavy (non-hydrogen) atoms. The number of pyridine rings is 1. The highest BCUT2D eigenvalue weighted by molar-refractivity contribution is 5.92. The fourth-order valence-corrected chi connectivity index (χ4v) is 3.80. The van der Waals surface area contributed by atoms with Crippen LogP contribution in [0.25, 0.3) is 10.9 Å². The number of nitrogens with zero attached hydrogens (tertiary/aromatic N) is 1. The van der Waals surface area contributed by atoms with Gasteiger partial charge in [-0.05, 0) is 18.6 Å². The summed E-state index contributed by atoms with van der Waals surface area (Å²) in [4.78, 5) is 29.0. The number of aliphatic carboxylic acids is 1. The molecule has 1 saturated carbocycles. The number of hydrogen-bond donors (Lipinski definition) is 2. The summed E-state index contributed by atoms with van der Waals surface area (Å²) < 4.78 is 5.63. The number of fused-ring (bicyclic) bond motifs is 1. The lowest BCUT2D eigenvalue weighted by atomic mass is 9.54. The molecule has 1 aliphatic rings. The van der Waals surface area contributed by atoms with Crippen molar-refractivity contribution in [2.24, 2.45) is 5.41 Å². The lowest BCUT2D eigenvalue weighted by Crippen LogP contribution is -2.76. The number of amides is 1. The molecule has 0 saturated heterocycles. The Balaban J connectivity index is 1.81. The van der Waals surface area contributed by atoms with Crippen molar-refractivity contribution >= 4 is 22.8 Å². The number of ether oxygens (including phenoxy) is 1. The molecule has 1 aromatic carbocycles. The van der Waals surface area contributed by atoms with Gasteiger partial charge in [-0.25, -0.2) is 4.79 Å². The molecule has 1 fully saturated rings. The average Bonchev–Trinajstić information content (AvgIpc) is 2.60. The number of carboxylic acids is 1. The Bertz CT molecular complexity index is 843. The van der Waals surface area contributed by atoms with Crippen molar-refractivity contribution in [1.82, 2.24) is 10.3 Å². The third-order valence-corrected chi connectivity index (χ3v) is 5.55. The highest BCUT2D eigenvalue weighted by atomic mass is 16.5. The Labute approximate surface area is 152 Å². The fraction of sp³-hybridized carbons (Fsp3) is 0.450. The van der Waals surface area contributed by atoms with Crippen molar-refractivity contribution in [3.63, 3.8) is 0 Å². The number of nitrogens with one attached hydrogen (secondary N) is 1. The number of para-hydroxylation sites is 1. The number of carbonyl (C=O) groups is 2. The van der Waals surface area contributed by atoms with Crippen LogP contribution in [0.2, 0.25) is 0 Å². The SMILES string of the molecule is CCOC1CC(NC(=O)Cc2cccc3cccnc23)(C(=O)O)C1(C)C. The highest BCUT2D eigenvalue weighted by Gasteiger charge is 2.66. The molecule has 2 atom stereocenters. The Morgan fingerprint density at radius 2 is 2.04 bits per heavy atom. The van der Waals surface area contributed by atoms with Gasteiger partial charge in [0, 0.05) is 30.0 Å². The zero-order valence-electron chi connectivity index (χ0n) is 15.3. The molecule has 3 rings (SSSR count). The van der Waals surface area contributed by atoms with Gasteiger partial charge in [0.05, 0.1) is 18.0 Å². The molecule has 2 N–H and O–H groups in total. The van der Waals surface area contributed by atoms with Gasteiger partial charge in [0.1, 0.15) is 5.54 Å². The van der Waals surface area contributed by atoms with Crippen molar-refractivity contribution in [3.8, 4) is 0 Å². The predicted octanol–water partition coefficient (Wildman–Crippen LogP) is 2.55. The van der Waals surface area contributed by atoms with Gasteiger partial charge in [0.25, 0.3) is 0 Å². The second-order valence-corrected chi connectivity index (χ2v) is 7.30. The summed E-state index contributed by atoms with van der Waals surface area (Å²) in [6.07, 6.45) is 1.84. The minimum atomic E-state index is -1.32. The molecule has 0 bridgehead atoms. The van der Waals surface area contributed by atoms with E-state index in [4.69, 9.17) is 4.74 Å². The summed E-state index contributed by atoms with van der Waals surface area (Å²) in [6.45, 7) is 6.04. The molecule has 1 amide bonds. The Morgan fingerprint density at radius 3 is 2.69 bits per heavy atom. The van der Waals surface area contributed by atoms with Crippen molar-refractivity contribution in [3.05, 3.63) is 42.1 Å². The third-order valence-electron chi connectivity index (χ3n) is 5.55. The standard InChI is InChI=1S/C20H24N2O4/c1-4-26-15-12-20(18(24)25,19(15,2)3)22-16(23)11-14-8-5-7-13-9-6-10-21-17(13)14/h5-10,15H,4,11-12H2,1-3H3,(H,22,23)(H,24,25). The topological polar surface area (TPSA) is 88.5 Å². The van der Waals surface area contributed by atoms with Crippen LogP contribution in [-0.4, -0.2) is 40.2 Å². The largest absolute Gasteiger partial charge is 0.479 e. The van der Waals surface area contributed by atoms with Gasteiger partial charge < -0.3 is 15.2 Å². The van der Waals surface area contributed by atoms with E-state index >= 15 is 0 Å². The van der Waals surface area contributed by atoms with Crippen molar-refractivity contribution in [2.45, 2.75) is 45.3 Å². The van der Waals surface area contributed by atoms with Crippen molar-refractivity contribution in [2.75, 3.05) is 6.61 Å². The first-order chi connectivity index (χ1) is 12.3. The number of aromatic nitrogens is 1. The Kier molecular flexibility index (Phi) is 4.71. The van der Waals surface area contributed by atoms with E-state index < -0.39 is 16.9 Å². The first-order valence-electron chi connectivity index (χ1n) is 8.80. The van der Waals surface area contributed by atoms with Crippen molar-refractivity contribution in [1.29, 1.82) is 0 Å². The van der Waals surface area contributed by atoms with Crippen LogP contribution in [0.4, 0.5) is 0 Å². The van der Waals surface area contributed by atoms with Crippen LogP contribution in [0.1, 0.15) is 32.8 Å². The maximum atomic E-state index is 12.7. The molecule has 6 heteroatoms. The van der Waals surface area contributed by atoms with Crippen LogP contribution < -0.4 is 5.32 Å². The Hall–Kier alpha value is -2.47. The van der Waals surface area contributed by atoms with Gasteiger partial charge in [-0.1, -0.05) is 38.1 Å². The third kappa shape index (κ3) is 2.84. The van der Waals surface area contributed by atoms with E-state index in [-0.39, 0.29) is 24.9 Å². The average molecular weight is 356 g/mol. The molecule has 0 spiro atoms. The van der Waals surface area contributed by atoms with Gasteiger partial charge in [-0.2, -0.15) is 0 Å². The molecule has 138 valence electrons. The minimum absolute atomic E-state index is 0.0821. The number of carbonyl (C=O) groups excluding carboxylic acids is 1. The van der Waals surface area contributed by atoms with Crippen molar-refractivity contribution < 1.29 is 19.4 Å². The first-order valence-corrected chi connectivity index (χ1v) is 8.80. The van der Waals surface area contributed by atoms with E-state index in [0.29, 0.717) is 6.61 Å². The van der Waals surface area contributed by atoms with Crippen LogP contribution in [0.15, 0.2) is 36.5 Å². The highest BCUT2D eigenvalue weighted by Crippen LogP contribution is 2.51. The predicted molar refractivity (Wildman–Crippen MR) is 97.8 cm³/mol. The molecule has 1 aromatic heterocycles. The minimum Gasteiger partial charge on any atom is -0.479 e. The summed E-state index contributed by atoms with van der Waals surface area (Å²) in [7, 11) is 0. The second kappa shape index (κ2) is 6.68. The van der Waals surface area contributed by atoms with Crippen LogP contribution in [-0.2, 0) is 20.7 Å². The van der Waals surface area contributed by atoms with Gasteiger partial charge >= 0.3 is 5.97 Å². The van der Waals surface area contributed by atoms with Gasteiger partial charge in [0.15, 0.2) is 0 Å². The van der Waals surface area contributed by atoms with E-state index in [1.165, 1.54) is 0 Å². The molecule has 6 nitrogen and oxygen atoms in total. The number of rotatable bonds is 6. The van der Waals surface area contributed by atoms with Crippen LogP contribution in [0.3, 0.4) is 0 Å². The van der Waals surface area contributed by atoms with Gasteiger partial charge in [-0.3, -0.25) is 9.78 Å². The number of carboxylic acid groups (broad SMARTS) is 1. The fourth-order valence-electron chi connectivity index (χ4n) is 3.80. The Morgan fingerprint density at radius 1 is 1.31 bits per heavy atom. The van der Waals surface area contributed by atoms with E-state index in [0.717, 1.165) is 16.5 Å². The molecule has 0 aliphatic heterocycles. The quantitative estimate of drug-likeness (QED) is 0.830. The van der Waals surface area contributed by atoms with E-state index in [2.05, 4.69) is 10.3 Å². The van der Waals surface area contributed by atoms with Crippen LogP contribution in [0.5, 0.6) is 0 Å². The van der Waals surface area contributed by atoms with Crippen LogP contribution in [0, 0.1) is 5.41 Å². The summed E-state index contributed by atoms with van der Waals surface area (Å²) >= 11 is 0. The van der Waals surface area contributed by atoms with E-state index in [1.807, 2.05) is 51.1 Å². The summed E-state index contributed by atoms with van der Waals surface area (Å²) in [6, 6.07) is 9.43. The molecule has 2 aromatic rings. The zero-order chi connectivity index (χ0) is 18.9. The maximum Gasteiger partial charge on any atom is 0.330 e. The summed E-state index contributed by atoms with van der Waals surface area (Å²) in [5.74, 6) is -1.35. The lowest BCUT2D eigenvalue weighted by Gasteiger charge is -2.58. The summed E-state index contributed by atoms with van der Waals surface area (Å²) in [5, 5.41) is 13.5. The van der Waals surface area contributed by atoms with E-state index in [1.54, 1.807) is 6.20 Å². The van der Waals surface area contributed by atoms with E-state index in [9.17, 15) is 14.7 Å². The second-order valence-electron chi connectivity index (χ2n) is 7.30.